The predicted molar refractivity (Wildman–Crippen MR) is 183 cm³/mol. The molecular formula is C34H36BrN3O5S2. The Balaban J connectivity index is 1.82. The molecule has 4 aromatic carbocycles. The summed E-state index contributed by atoms with van der Waals surface area (Å²) < 4.78 is 36.4. The molecule has 1 N–H and O–H groups in total. The Morgan fingerprint density at radius 1 is 0.889 bits per heavy atom. The van der Waals surface area contributed by atoms with E-state index < -0.39 is 28.5 Å². The van der Waals surface area contributed by atoms with Crippen LogP contribution < -0.4 is 14.4 Å². The molecular weight excluding hydrogens is 674 g/mol. The van der Waals surface area contributed by atoms with Crippen molar-refractivity contribution in [2.45, 2.75) is 35.7 Å². The molecule has 4 rings (SSSR count). The van der Waals surface area contributed by atoms with Gasteiger partial charge in [-0.2, -0.15) is 0 Å². The number of anilines is 1. The molecule has 0 unspecified atom stereocenters. The minimum absolute atomic E-state index is 0.0333. The summed E-state index contributed by atoms with van der Waals surface area (Å²) in [5, 5.41) is 2.70. The molecule has 0 aliphatic rings. The fraction of sp³-hybridized carbons (Fsp3) is 0.235. The first kappa shape index (κ1) is 34.1. The predicted octanol–water partition coefficient (Wildman–Crippen LogP) is 6.15. The Kier molecular flexibility index (Phi) is 12.1. The van der Waals surface area contributed by atoms with Crippen LogP contribution >= 0.6 is 27.7 Å². The Morgan fingerprint density at radius 2 is 1.53 bits per heavy atom. The molecule has 11 heteroatoms. The van der Waals surface area contributed by atoms with Crippen molar-refractivity contribution in [1.82, 2.24) is 10.2 Å². The van der Waals surface area contributed by atoms with Crippen molar-refractivity contribution in [1.29, 1.82) is 0 Å². The molecule has 236 valence electrons. The summed E-state index contributed by atoms with van der Waals surface area (Å²) in [6, 6.07) is 29.2. The summed E-state index contributed by atoms with van der Waals surface area (Å²) in [7, 11) is -2.72. The quantitative estimate of drug-likeness (QED) is 0.158. The summed E-state index contributed by atoms with van der Waals surface area (Å²) in [5.74, 6) is -0.581. The van der Waals surface area contributed by atoms with Crippen LogP contribution in [-0.4, -0.2) is 57.6 Å². The van der Waals surface area contributed by atoms with E-state index in [0.717, 1.165) is 24.8 Å². The van der Waals surface area contributed by atoms with Gasteiger partial charge >= 0.3 is 0 Å². The molecule has 0 aliphatic heterocycles. The minimum Gasteiger partial charge on any atom is -0.492 e. The van der Waals surface area contributed by atoms with Gasteiger partial charge in [-0.1, -0.05) is 70.5 Å². The van der Waals surface area contributed by atoms with Crippen LogP contribution in [0.15, 0.2) is 117 Å². The normalized spacial score (nSPS) is 11.8. The molecule has 2 amide bonds. The maximum atomic E-state index is 14.5. The summed E-state index contributed by atoms with van der Waals surface area (Å²) >= 11 is 4.94. The lowest BCUT2D eigenvalue weighted by Crippen LogP contribution is -2.53. The van der Waals surface area contributed by atoms with Crippen LogP contribution in [0.25, 0.3) is 0 Å². The van der Waals surface area contributed by atoms with Gasteiger partial charge < -0.3 is 15.0 Å². The number of benzene rings is 4. The van der Waals surface area contributed by atoms with E-state index in [1.165, 1.54) is 35.8 Å². The number of hydrogen-bond acceptors (Lipinski definition) is 6. The van der Waals surface area contributed by atoms with Crippen LogP contribution in [0, 0.1) is 0 Å². The van der Waals surface area contributed by atoms with E-state index >= 15 is 0 Å². The smallest absolute Gasteiger partial charge is 0.264 e. The molecule has 0 heterocycles. The third kappa shape index (κ3) is 8.68. The van der Waals surface area contributed by atoms with E-state index in [1.807, 2.05) is 60.9 Å². The number of carbonyl (C=O) groups is 2. The summed E-state index contributed by atoms with van der Waals surface area (Å²) in [6.07, 6.45) is 2.15. The van der Waals surface area contributed by atoms with Crippen molar-refractivity contribution in [2.24, 2.45) is 0 Å². The fourth-order valence-electron chi connectivity index (χ4n) is 4.84. The first-order chi connectivity index (χ1) is 21.7. The van der Waals surface area contributed by atoms with E-state index in [9.17, 15) is 18.0 Å². The van der Waals surface area contributed by atoms with Crippen LogP contribution in [0.4, 0.5) is 5.69 Å². The van der Waals surface area contributed by atoms with Crippen molar-refractivity contribution in [3.63, 3.8) is 0 Å². The van der Waals surface area contributed by atoms with Crippen LogP contribution in [0.1, 0.15) is 18.1 Å². The van der Waals surface area contributed by atoms with Crippen LogP contribution in [0.5, 0.6) is 5.75 Å². The molecule has 0 bridgehead atoms. The van der Waals surface area contributed by atoms with E-state index in [0.29, 0.717) is 12.4 Å². The third-order valence-corrected chi connectivity index (χ3v) is 10.2. The maximum absolute atomic E-state index is 14.5. The number of carbonyl (C=O) groups excluding carboxylic acids is 2. The molecule has 8 nitrogen and oxygen atoms in total. The first-order valence-corrected chi connectivity index (χ1v) is 17.8. The number of ether oxygens (including phenoxy) is 1. The Labute approximate surface area is 278 Å². The lowest BCUT2D eigenvalue weighted by Gasteiger charge is -2.34. The number of sulfonamides is 1. The average molecular weight is 711 g/mol. The molecule has 0 aromatic heterocycles. The molecule has 0 radical (unpaired) electrons. The molecule has 0 fully saturated rings. The van der Waals surface area contributed by atoms with E-state index in [1.54, 1.807) is 43.3 Å². The van der Waals surface area contributed by atoms with Crippen LogP contribution in [-0.2, 0) is 32.6 Å². The third-order valence-electron chi connectivity index (χ3n) is 7.14. The topological polar surface area (TPSA) is 96.0 Å². The van der Waals surface area contributed by atoms with Gasteiger partial charge in [0.05, 0.1) is 17.2 Å². The van der Waals surface area contributed by atoms with Crippen molar-refractivity contribution < 1.29 is 22.7 Å². The van der Waals surface area contributed by atoms with Gasteiger partial charge in [-0.05, 0) is 72.8 Å². The molecule has 0 saturated heterocycles. The lowest BCUT2D eigenvalue weighted by molar-refractivity contribution is -0.139. The highest BCUT2D eigenvalue weighted by atomic mass is 79.9. The lowest BCUT2D eigenvalue weighted by atomic mass is 10.0. The number of thioether (sulfide) groups is 1. The highest BCUT2D eigenvalue weighted by Gasteiger charge is 2.35. The second-order valence-corrected chi connectivity index (χ2v) is 13.7. The summed E-state index contributed by atoms with van der Waals surface area (Å²) in [5.41, 5.74) is 1.87. The summed E-state index contributed by atoms with van der Waals surface area (Å²) in [6.45, 7) is 1.63. The Hall–Kier alpha value is -3.80. The van der Waals surface area contributed by atoms with Crippen LogP contribution in [0.3, 0.4) is 0 Å². The Bertz CT molecular complexity index is 1690. The Morgan fingerprint density at radius 3 is 2.16 bits per heavy atom. The average Bonchev–Trinajstić information content (AvgIpc) is 3.06. The zero-order valence-corrected chi connectivity index (χ0v) is 28.6. The first-order valence-electron chi connectivity index (χ1n) is 14.4. The van der Waals surface area contributed by atoms with Gasteiger partial charge in [-0.3, -0.25) is 13.9 Å². The number of hydrogen-bond donors (Lipinski definition) is 1. The largest absolute Gasteiger partial charge is 0.492 e. The van der Waals surface area contributed by atoms with Gasteiger partial charge in [0.2, 0.25) is 11.8 Å². The number of para-hydroxylation sites is 2. The second-order valence-electron chi connectivity index (χ2n) is 10.1. The number of amides is 2. The SMILES string of the molecule is CCOc1ccccc1N(CC(=O)N(Cc1ccc(Br)cc1)[C@H](Cc1ccccc1)C(=O)NC)S(=O)(=O)c1ccc(SC)cc1. The number of rotatable bonds is 14. The molecule has 0 aliphatic carbocycles. The highest BCUT2D eigenvalue weighted by molar-refractivity contribution is 9.10. The van der Waals surface area contributed by atoms with Gasteiger partial charge in [-0.25, -0.2) is 8.42 Å². The number of likely N-dealkylation sites (N-methyl/N-ethyl adjacent to an activating group) is 1. The standard InChI is InChI=1S/C34H36BrN3O5S2/c1-4-43-32-13-9-8-12-30(32)38(45(41,42)29-20-18-28(44-3)19-21-29)24-33(39)37(23-26-14-16-27(35)17-15-26)31(34(40)36-2)22-25-10-6-5-7-11-25/h5-21,31H,4,22-24H2,1-3H3,(H,36,40)/t31-/m1/s1. The zero-order valence-electron chi connectivity index (χ0n) is 25.4. The second kappa shape index (κ2) is 16.0. The van der Waals surface area contributed by atoms with E-state index in [4.69, 9.17) is 4.74 Å². The monoisotopic (exact) mass is 709 g/mol. The van der Waals surface area contributed by atoms with Gasteiger partial charge in [0.1, 0.15) is 18.3 Å². The summed E-state index contributed by atoms with van der Waals surface area (Å²) in [4.78, 5) is 30.3. The number of nitrogens with zero attached hydrogens (tertiary/aromatic N) is 2. The molecule has 45 heavy (non-hydrogen) atoms. The zero-order chi connectivity index (χ0) is 32.4. The van der Waals surface area contributed by atoms with E-state index in [-0.39, 0.29) is 29.5 Å². The van der Waals surface area contributed by atoms with Crippen molar-refractivity contribution in [2.75, 3.05) is 30.8 Å². The van der Waals surface area contributed by atoms with Gasteiger partial charge in [0.25, 0.3) is 10.0 Å². The van der Waals surface area contributed by atoms with Gasteiger partial charge in [0.15, 0.2) is 0 Å². The highest BCUT2D eigenvalue weighted by Crippen LogP contribution is 2.33. The van der Waals surface area contributed by atoms with E-state index in [2.05, 4.69) is 21.2 Å². The van der Waals surface area contributed by atoms with Crippen molar-refractivity contribution in [3.05, 3.63) is 119 Å². The van der Waals surface area contributed by atoms with Crippen LogP contribution in [0.2, 0.25) is 0 Å². The fourth-order valence-corrected chi connectivity index (χ4v) is 6.93. The van der Waals surface area contributed by atoms with Crippen molar-refractivity contribution >= 4 is 55.2 Å². The molecule has 4 aromatic rings. The maximum Gasteiger partial charge on any atom is 0.264 e. The number of nitrogens with one attached hydrogen (secondary N) is 1. The van der Waals surface area contributed by atoms with Gasteiger partial charge in [-0.15, -0.1) is 11.8 Å². The molecule has 0 spiro atoms. The molecule has 1 atom stereocenters. The van der Waals surface area contributed by atoms with Crippen molar-refractivity contribution in [3.8, 4) is 5.75 Å². The molecule has 0 saturated carbocycles. The minimum atomic E-state index is -4.25. The number of halogens is 1. The van der Waals surface area contributed by atoms with Gasteiger partial charge in [0, 0.05) is 29.4 Å².